The third-order valence-electron chi connectivity index (χ3n) is 4.38. The summed E-state index contributed by atoms with van der Waals surface area (Å²) in [6.45, 7) is 5.65. The van der Waals surface area contributed by atoms with Gasteiger partial charge >= 0.3 is 0 Å². The Kier molecular flexibility index (Phi) is 3.45. The van der Waals surface area contributed by atoms with E-state index in [9.17, 15) is 0 Å². The third-order valence-corrected chi connectivity index (χ3v) is 4.38. The largest absolute Gasteiger partial charge is 0.409 e. The number of anilines is 1. The number of oxime groups is 1. The van der Waals surface area contributed by atoms with E-state index in [1.165, 1.54) is 12.1 Å². The average Bonchev–Trinajstić information content (AvgIpc) is 2.84. The molecule has 110 valence electrons. The summed E-state index contributed by atoms with van der Waals surface area (Å²) >= 11 is 0. The molecule has 0 bridgehead atoms. The van der Waals surface area contributed by atoms with Crippen molar-refractivity contribution in [3.63, 3.8) is 0 Å². The Labute approximate surface area is 124 Å². The Balaban J connectivity index is 2.18. The van der Waals surface area contributed by atoms with Gasteiger partial charge in [-0.1, -0.05) is 36.3 Å². The van der Waals surface area contributed by atoms with Gasteiger partial charge in [0, 0.05) is 29.2 Å². The summed E-state index contributed by atoms with van der Waals surface area (Å²) < 4.78 is 0. The second kappa shape index (κ2) is 5.28. The predicted octanol–water partition coefficient (Wildman–Crippen LogP) is 3.17. The first-order valence-corrected chi connectivity index (χ1v) is 7.38. The van der Waals surface area contributed by atoms with E-state index in [1.807, 2.05) is 24.3 Å². The molecule has 1 saturated heterocycles. The molecule has 3 N–H and O–H groups in total. The van der Waals surface area contributed by atoms with E-state index in [1.54, 1.807) is 0 Å². The van der Waals surface area contributed by atoms with Crippen molar-refractivity contribution < 1.29 is 5.21 Å². The highest BCUT2D eigenvalue weighted by Crippen LogP contribution is 2.35. The summed E-state index contributed by atoms with van der Waals surface area (Å²) in [5, 5.41) is 14.3. The van der Waals surface area contributed by atoms with Gasteiger partial charge in [0.2, 0.25) is 0 Å². The molecule has 1 aliphatic heterocycles. The average molecular weight is 283 g/mol. The molecule has 21 heavy (non-hydrogen) atoms. The van der Waals surface area contributed by atoms with E-state index in [4.69, 9.17) is 10.9 Å². The van der Waals surface area contributed by atoms with Crippen molar-refractivity contribution in [2.24, 2.45) is 16.8 Å². The standard InChI is InChI=1S/C17H21N3O/c1-11-9-12(2)20(10-11)16-8-7-15(17(18)19-21)13-5-3-4-6-14(13)16/h3-8,11-12,21H,9-10H2,1-2H3,(H2,18,19). The van der Waals surface area contributed by atoms with Gasteiger partial charge in [0.25, 0.3) is 0 Å². The maximum Gasteiger partial charge on any atom is 0.170 e. The first-order valence-electron chi connectivity index (χ1n) is 7.38. The summed E-state index contributed by atoms with van der Waals surface area (Å²) in [6.07, 6.45) is 1.22. The maximum atomic E-state index is 8.96. The fraction of sp³-hybridized carbons (Fsp3) is 0.353. The molecule has 4 nitrogen and oxygen atoms in total. The minimum absolute atomic E-state index is 0.153. The molecule has 3 rings (SSSR count). The molecule has 0 saturated carbocycles. The molecule has 0 radical (unpaired) electrons. The van der Waals surface area contributed by atoms with Gasteiger partial charge in [-0.25, -0.2) is 0 Å². The van der Waals surface area contributed by atoms with Crippen molar-refractivity contribution in [3.05, 3.63) is 42.0 Å². The van der Waals surface area contributed by atoms with Crippen LogP contribution in [0.5, 0.6) is 0 Å². The van der Waals surface area contributed by atoms with Crippen LogP contribution in [0.1, 0.15) is 25.8 Å². The van der Waals surface area contributed by atoms with Crippen molar-refractivity contribution in [1.82, 2.24) is 0 Å². The summed E-state index contributed by atoms with van der Waals surface area (Å²) in [4.78, 5) is 2.46. The Bertz CT molecular complexity index is 695. The second-order valence-electron chi connectivity index (χ2n) is 6.01. The Morgan fingerprint density at radius 3 is 2.52 bits per heavy atom. The van der Waals surface area contributed by atoms with Crippen LogP contribution in [0, 0.1) is 5.92 Å². The van der Waals surface area contributed by atoms with Crippen LogP contribution in [0.4, 0.5) is 5.69 Å². The van der Waals surface area contributed by atoms with Crippen molar-refractivity contribution in [1.29, 1.82) is 0 Å². The number of amidine groups is 1. The van der Waals surface area contributed by atoms with Crippen LogP contribution in [-0.2, 0) is 0 Å². The van der Waals surface area contributed by atoms with Crippen molar-refractivity contribution in [3.8, 4) is 0 Å². The minimum Gasteiger partial charge on any atom is -0.409 e. The predicted molar refractivity (Wildman–Crippen MR) is 87.0 cm³/mol. The van der Waals surface area contributed by atoms with Crippen LogP contribution >= 0.6 is 0 Å². The van der Waals surface area contributed by atoms with Crippen LogP contribution in [0.3, 0.4) is 0 Å². The maximum absolute atomic E-state index is 8.96. The zero-order valence-electron chi connectivity index (χ0n) is 12.5. The molecule has 1 fully saturated rings. The Hall–Kier alpha value is -2.23. The summed E-state index contributed by atoms with van der Waals surface area (Å²) in [6, 6.07) is 12.7. The van der Waals surface area contributed by atoms with Crippen LogP contribution in [-0.4, -0.2) is 23.6 Å². The highest BCUT2D eigenvalue weighted by atomic mass is 16.4. The molecule has 1 aliphatic rings. The Morgan fingerprint density at radius 1 is 1.19 bits per heavy atom. The number of fused-ring (bicyclic) bond motifs is 1. The zero-order chi connectivity index (χ0) is 15.0. The van der Waals surface area contributed by atoms with Crippen LogP contribution in [0.2, 0.25) is 0 Å². The van der Waals surface area contributed by atoms with Crippen molar-refractivity contribution in [2.75, 3.05) is 11.4 Å². The van der Waals surface area contributed by atoms with E-state index in [-0.39, 0.29) is 5.84 Å². The first-order chi connectivity index (χ1) is 10.1. The molecule has 0 aliphatic carbocycles. The van der Waals surface area contributed by atoms with E-state index in [2.05, 4.69) is 36.0 Å². The zero-order valence-corrected chi connectivity index (χ0v) is 12.5. The molecule has 2 atom stereocenters. The molecule has 1 heterocycles. The normalized spacial score (nSPS) is 23.0. The fourth-order valence-electron chi connectivity index (χ4n) is 3.45. The van der Waals surface area contributed by atoms with Gasteiger partial charge in [0.05, 0.1) is 0 Å². The monoisotopic (exact) mass is 283 g/mol. The third kappa shape index (κ3) is 2.31. The highest BCUT2D eigenvalue weighted by Gasteiger charge is 2.27. The Morgan fingerprint density at radius 2 is 1.90 bits per heavy atom. The molecule has 0 aromatic heterocycles. The molecule has 2 aromatic rings. The van der Waals surface area contributed by atoms with E-state index >= 15 is 0 Å². The van der Waals surface area contributed by atoms with Gasteiger partial charge in [-0.05, 0) is 36.8 Å². The van der Waals surface area contributed by atoms with Crippen LogP contribution in [0.25, 0.3) is 10.8 Å². The topological polar surface area (TPSA) is 61.8 Å². The smallest absolute Gasteiger partial charge is 0.170 e. The lowest BCUT2D eigenvalue weighted by molar-refractivity contribution is 0.318. The number of nitrogens with zero attached hydrogens (tertiary/aromatic N) is 2. The van der Waals surface area contributed by atoms with E-state index in [0.717, 1.165) is 22.9 Å². The van der Waals surface area contributed by atoms with Gasteiger partial charge in [-0.3, -0.25) is 0 Å². The molecule has 0 spiro atoms. The summed E-state index contributed by atoms with van der Waals surface area (Å²) in [7, 11) is 0. The molecule has 2 unspecified atom stereocenters. The first kappa shape index (κ1) is 13.7. The fourth-order valence-corrected chi connectivity index (χ4v) is 3.45. The second-order valence-corrected chi connectivity index (χ2v) is 6.01. The van der Waals surface area contributed by atoms with E-state index in [0.29, 0.717) is 12.0 Å². The quantitative estimate of drug-likeness (QED) is 0.385. The van der Waals surface area contributed by atoms with Gasteiger partial charge < -0.3 is 15.8 Å². The van der Waals surface area contributed by atoms with E-state index < -0.39 is 0 Å². The van der Waals surface area contributed by atoms with Gasteiger partial charge in [-0.15, -0.1) is 0 Å². The van der Waals surface area contributed by atoms with Gasteiger partial charge in [0.1, 0.15) is 0 Å². The lowest BCUT2D eigenvalue weighted by Crippen LogP contribution is -2.27. The van der Waals surface area contributed by atoms with Crippen molar-refractivity contribution >= 4 is 22.3 Å². The number of benzene rings is 2. The summed E-state index contributed by atoms with van der Waals surface area (Å²) in [5.74, 6) is 0.864. The van der Waals surface area contributed by atoms with Crippen molar-refractivity contribution in [2.45, 2.75) is 26.3 Å². The number of hydrogen-bond acceptors (Lipinski definition) is 3. The molecule has 2 aromatic carbocycles. The molecule has 4 heteroatoms. The highest BCUT2D eigenvalue weighted by molar-refractivity contribution is 6.11. The minimum atomic E-state index is 0.153. The SMILES string of the molecule is CC1CC(C)N(c2ccc(/C(N)=N/O)c3ccccc23)C1. The van der Waals surface area contributed by atoms with Gasteiger partial charge in [-0.2, -0.15) is 0 Å². The lowest BCUT2D eigenvalue weighted by Gasteiger charge is -2.26. The number of nitrogens with two attached hydrogens (primary N) is 1. The van der Waals surface area contributed by atoms with Crippen LogP contribution in [0.15, 0.2) is 41.6 Å². The lowest BCUT2D eigenvalue weighted by atomic mass is 10.0. The van der Waals surface area contributed by atoms with Crippen LogP contribution < -0.4 is 10.6 Å². The molecular formula is C17H21N3O. The molecular weight excluding hydrogens is 262 g/mol. The number of hydrogen-bond donors (Lipinski definition) is 2. The van der Waals surface area contributed by atoms with Gasteiger partial charge in [0.15, 0.2) is 5.84 Å². The number of rotatable bonds is 2. The molecule has 0 amide bonds. The summed E-state index contributed by atoms with van der Waals surface area (Å²) in [5.41, 5.74) is 7.81.